The van der Waals surface area contributed by atoms with Crippen molar-refractivity contribution in [3.8, 4) is 0 Å². The maximum atomic E-state index is 9.95. The fraction of sp³-hybridized carbons (Fsp3) is 0.800. The first-order chi connectivity index (χ1) is 9.15. The molecule has 0 amide bonds. The number of rotatable bonds is 4. The summed E-state index contributed by atoms with van der Waals surface area (Å²) in [6.07, 6.45) is 7.49. The van der Waals surface area contributed by atoms with Crippen LogP contribution in [0.2, 0.25) is 0 Å². The van der Waals surface area contributed by atoms with Gasteiger partial charge in [0.25, 0.3) is 0 Å². The normalized spacial score (nSPS) is 24.4. The summed E-state index contributed by atoms with van der Waals surface area (Å²) >= 11 is 3.72. The molecule has 0 radical (unpaired) electrons. The SMILES string of the molecule is CCc1nn(CC)c(CC2CCCCC(O)C2)c1Br. The second kappa shape index (κ2) is 6.89. The van der Waals surface area contributed by atoms with Gasteiger partial charge in [0.2, 0.25) is 0 Å². The van der Waals surface area contributed by atoms with Crippen LogP contribution in [0.5, 0.6) is 0 Å². The van der Waals surface area contributed by atoms with E-state index in [4.69, 9.17) is 0 Å². The molecule has 1 aliphatic carbocycles. The van der Waals surface area contributed by atoms with Crippen LogP contribution in [0.3, 0.4) is 0 Å². The van der Waals surface area contributed by atoms with Crippen LogP contribution in [-0.4, -0.2) is 21.0 Å². The molecule has 0 spiro atoms. The van der Waals surface area contributed by atoms with Crippen molar-refractivity contribution < 1.29 is 5.11 Å². The van der Waals surface area contributed by atoms with Crippen LogP contribution in [0.1, 0.15) is 57.3 Å². The minimum atomic E-state index is -0.102. The molecule has 0 aliphatic heterocycles. The molecule has 108 valence electrons. The quantitative estimate of drug-likeness (QED) is 0.855. The van der Waals surface area contributed by atoms with E-state index in [9.17, 15) is 5.11 Å². The maximum absolute atomic E-state index is 9.95. The molecule has 2 atom stereocenters. The highest BCUT2D eigenvalue weighted by molar-refractivity contribution is 9.10. The Bertz CT molecular complexity index is 417. The van der Waals surface area contributed by atoms with Crippen molar-refractivity contribution >= 4 is 15.9 Å². The fourth-order valence-electron chi connectivity index (χ4n) is 3.10. The summed E-state index contributed by atoms with van der Waals surface area (Å²) in [5, 5.41) is 14.6. The van der Waals surface area contributed by atoms with E-state index in [1.807, 2.05) is 0 Å². The molecule has 1 aromatic heterocycles. The van der Waals surface area contributed by atoms with Crippen molar-refractivity contribution in [2.75, 3.05) is 0 Å². The van der Waals surface area contributed by atoms with Crippen LogP contribution in [0.4, 0.5) is 0 Å². The molecular formula is C15H25BrN2O. The number of hydrogen-bond acceptors (Lipinski definition) is 2. The van der Waals surface area contributed by atoms with Gasteiger partial charge in [-0.05, 0) is 60.9 Å². The summed E-state index contributed by atoms with van der Waals surface area (Å²) in [5.74, 6) is 0.598. The third kappa shape index (κ3) is 3.60. The number of nitrogens with zero attached hydrogens (tertiary/aromatic N) is 2. The molecule has 19 heavy (non-hydrogen) atoms. The number of aromatic nitrogens is 2. The van der Waals surface area contributed by atoms with Gasteiger partial charge in [0.05, 0.1) is 22.0 Å². The molecule has 2 rings (SSSR count). The van der Waals surface area contributed by atoms with Crippen LogP contribution < -0.4 is 0 Å². The summed E-state index contributed by atoms with van der Waals surface area (Å²) in [6.45, 7) is 5.21. The average molecular weight is 329 g/mol. The minimum absolute atomic E-state index is 0.102. The Kier molecular flexibility index (Phi) is 5.46. The van der Waals surface area contributed by atoms with E-state index in [2.05, 4.69) is 39.6 Å². The van der Waals surface area contributed by atoms with E-state index >= 15 is 0 Å². The maximum Gasteiger partial charge on any atom is 0.0766 e. The number of aryl methyl sites for hydroxylation is 2. The molecule has 3 nitrogen and oxygen atoms in total. The number of halogens is 1. The van der Waals surface area contributed by atoms with Gasteiger partial charge in [-0.2, -0.15) is 5.10 Å². The summed E-state index contributed by atoms with van der Waals surface area (Å²) in [5.41, 5.74) is 2.48. The molecule has 2 unspecified atom stereocenters. The van der Waals surface area contributed by atoms with Gasteiger partial charge in [-0.3, -0.25) is 4.68 Å². The van der Waals surface area contributed by atoms with E-state index in [1.54, 1.807) is 0 Å². The first kappa shape index (κ1) is 15.0. The van der Waals surface area contributed by atoms with E-state index in [0.717, 1.165) is 37.9 Å². The lowest BCUT2D eigenvalue weighted by atomic mass is 9.94. The Morgan fingerprint density at radius 2 is 2.05 bits per heavy atom. The lowest BCUT2D eigenvalue weighted by Gasteiger charge is -2.17. The van der Waals surface area contributed by atoms with Crippen LogP contribution in [-0.2, 0) is 19.4 Å². The fourth-order valence-corrected chi connectivity index (χ4v) is 3.83. The molecule has 1 aromatic rings. The van der Waals surface area contributed by atoms with Gasteiger partial charge in [-0.25, -0.2) is 0 Å². The van der Waals surface area contributed by atoms with Crippen molar-refractivity contribution in [1.29, 1.82) is 0 Å². The third-order valence-corrected chi connectivity index (χ3v) is 5.10. The van der Waals surface area contributed by atoms with Gasteiger partial charge in [-0.15, -0.1) is 0 Å². The zero-order chi connectivity index (χ0) is 13.8. The molecule has 0 saturated heterocycles. The molecule has 1 fully saturated rings. The summed E-state index contributed by atoms with van der Waals surface area (Å²) in [4.78, 5) is 0. The van der Waals surface area contributed by atoms with E-state index in [1.165, 1.54) is 29.4 Å². The highest BCUT2D eigenvalue weighted by Crippen LogP contribution is 2.30. The molecule has 0 bridgehead atoms. The van der Waals surface area contributed by atoms with Gasteiger partial charge in [0.1, 0.15) is 0 Å². The highest BCUT2D eigenvalue weighted by atomic mass is 79.9. The lowest BCUT2D eigenvalue weighted by molar-refractivity contribution is 0.141. The predicted molar refractivity (Wildman–Crippen MR) is 81.3 cm³/mol. The molecule has 1 aliphatic rings. The standard InChI is InChI=1S/C15H25BrN2O/c1-3-13-15(16)14(18(4-2)17-13)10-11-7-5-6-8-12(19)9-11/h11-12,19H,3-10H2,1-2H3. The largest absolute Gasteiger partial charge is 0.393 e. The van der Waals surface area contributed by atoms with Crippen molar-refractivity contribution in [1.82, 2.24) is 9.78 Å². The number of aliphatic hydroxyl groups is 1. The first-order valence-corrected chi connectivity index (χ1v) is 8.37. The predicted octanol–water partition coefficient (Wildman–Crippen LogP) is 3.71. The molecule has 0 aromatic carbocycles. The smallest absolute Gasteiger partial charge is 0.0766 e. The van der Waals surface area contributed by atoms with Crippen LogP contribution in [0.15, 0.2) is 4.47 Å². The number of hydrogen-bond donors (Lipinski definition) is 1. The Hall–Kier alpha value is -0.350. The summed E-state index contributed by atoms with van der Waals surface area (Å²) in [7, 11) is 0. The monoisotopic (exact) mass is 328 g/mol. The Morgan fingerprint density at radius 1 is 1.32 bits per heavy atom. The van der Waals surface area contributed by atoms with Gasteiger partial charge in [0.15, 0.2) is 0 Å². The van der Waals surface area contributed by atoms with Crippen molar-refractivity contribution in [2.45, 2.75) is 71.4 Å². The Morgan fingerprint density at radius 3 is 2.74 bits per heavy atom. The molecule has 1 N–H and O–H groups in total. The van der Waals surface area contributed by atoms with Crippen LogP contribution in [0.25, 0.3) is 0 Å². The van der Waals surface area contributed by atoms with Crippen molar-refractivity contribution in [2.24, 2.45) is 5.92 Å². The van der Waals surface area contributed by atoms with Gasteiger partial charge >= 0.3 is 0 Å². The number of aliphatic hydroxyl groups excluding tert-OH is 1. The molecular weight excluding hydrogens is 304 g/mol. The first-order valence-electron chi connectivity index (χ1n) is 7.57. The highest BCUT2D eigenvalue weighted by Gasteiger charge is 2.22. The van der Waals surface area contributed by atoms with Gasteiger partial charge < -0.3 is 5.11 Å². The van der Waals surface area contributed by atoms with Crippen molar-refractivity contribution in [3.05, 3.63) is 15.9 Å². The van der Waals surface area contributed by atoms with E-state index in [-0.39, 0.29) is 6.10 Å². The second-order valence-corrected chi connectivity index (χ2v) is 6.41. The zero-order valence-electron chi connectivity index (χ0n) is 12.0. The molecule has 1 heterocycles. The average Bonchev–Trinajstić information content (AvgIpc) is 2.57. The third-order valence-electron chi connectivity index (χ3n) is 4.18. The topological polar surface area (TPSA) is 38.0 Å². The Labute approximate surface area is 124 Å². The lowest BCUT2D eigenvalue weighted by Crippen LogP contribution is -2.15. The van der Waals surface area contributed by atoms with E-state index < -0.39 is 0 Å². The minimum Gasteiger partial charge on any atom is -0.393 e. The van der Waals surface area contributed by atoms with Gasteiger partial charge in [-0.1, -0.05) is 19.8 Å². The summed E-state index contributed by atoms with van der Waals surface area (Å²) in [6, 6.07) is 0. The van der Waals surface area contributed by atoms with Crippen LogP contribution in [0, 0.1) is 5.92 Å². The summed E-state index contributed by atoms with van der Waals surface area (Å²) < 4.78 is 3.32. The molecule has 4 heteroatoms. The zero-order valence-corrected chi connectivity index (χ0v) is 13.6. The Balaban J connectivity index is 2.15. The second-order valence-electron chi connectivity index (χ2n) is 5.62. The van der Waals surface area contributed by atoms with Crippen LogP contribution >= 0.6 is 15.9 Å². The van der Waals surface area contributed by atoms with E-state index in [0.29, 0.717) is 5.92 Å². The van der Waals surface area contributed by atoms with Crippen molar-refractivity contribution in [3.63, 3.8) is 0 Å². The van der Waals surface area contributed by atoms with Gasteiger partial charge in [0, 0.05) is 6.54 Å². The molecule has 1 saturated carbocycles.